The largest absolute Gasteiger partial charge is 0.497 e. The van der Waals surface area contributed by atoms with Crippen LogP contribution in [0.4, 0.5) is 0 Å². The van der Waals surface area contributed by atoms with E-state index in [2.05, 4.69) is 0 Å². The molecule has 0 unspecified atom stereocenters. The number of carbonyl (C=O) groups excluding carboxylic acids is 2. The minimum atomic E-state index is -0.568. The Morgan fingerprint density at radius 2 is 1.61 bits per heavy atom. The maximum atomic E-state index is 12.7. The van der Waals surface area contributed by atoms with Gasteiger partial charge >= 0.3 is 5.97 Å². The van der Waals surface area contributed by atoms with Gasteiger partial charge in [-0.05, 0) is 53.4 Å². The van der Waals surface area contributed by atoms with Crippen molar-refractivity contribution in [3.8, 4) is 11.5 Å². The molecule has 0 aromatic heterocycles. The van der Waals surface area contributed by atoms with E-state index in [4.69, 9.17) is 14.2 Å². The molecule has 160 valence electrons. The Hall–Kier alpha value is -3.54. The van der Waals surface area contributed by atoms with Crippen LogP contribution in [0.15, 0.2) is 66.7 Å². The number of ether oxygens (including phenoxy) is 3. The zero-order chi connectivity index (χ0) is 21.6. The van der Waals surface area contributed by atoms with Gasteiger partial charge in [0.05, 0.1) is 7.11 Å². The van der Waals surface area contributed by atoms with Crippen molar-refractivity contribution in [3.05, 3.63) is 72.3 Å². The fraction of sp³-hybridized carbons (Fsp3) is 0.280. The molecule has 4 rings (SSSR count). The number of benzene rings is 3. The number of esters is 1. The van der Waals surface area contributed by atoms with Crippen LogP contribution in [0.25, 0.3) is 10.8 Å². The van der Waals surface area contributed by atoms with E-state index in [-0.39, 0.29) is 25.2 Å². The Bertz CT molecular complexity index is 1060. The molecule has 31 heavy (non-hydrogen) atoms. The summed E-state index contributed by atoms with van der Waals surface area (Å²) in [6.45, 7) is -0.0429. The van der Waals surface area contributed by atoms with E-state index in [0.717, 1.165) is 34.9 Å². The van der Waals surface area contributed by atoms with Crippen molar-refractivity contribution in [2.24, 2.45) is 0 Å². The standard InChI is InChI=1S/C25H25NO5/c1-29-22-11-6-18(7-12-22)15-26(21-9-10-21)24(27)16-31-25(28)17-30-23-13-8-19-4-2-3-5-20(19)14-23/h2-8,11-14,21H,9-10,15-17H2,1H3. The van der Waals surface area contributed by atoms with Crippen LogP contribution in [0.3, 0.4) is 0 Å². The Morgan fingerprint density at radius 3 is 2.32 bits per heavy atom. The van der Waals surface area contributed by atoms with Gasteiger partial charge in [0.2, 0.25) is 0 Å². The second-order valence-electron chi connectivity index (χ2n) is 7.56. The predicted octanol–water partition coefficient (Wildman–Crippen LogP) is 3.96. The summed E-state index contributed by atoms with van der Waals surface area (Å²) in [4.78, 5) is 26.5. The first-order valence-electron chi connectivity index (χ1n) is 10.3. The third-order valence-corrected chi connectivity index (χ3v) is 5.25. The molecular weight excluding hydrogens is 394 g/mol. The summed E-state index contributed by atoms with van der Waals surface area (Å²) < 4.78 is 15.9. The minimum Gasteiger partial charge on any atom is -0.497 e. The van der Waals surface area contributed by atoms with Crippen LogP contribution in [0.2, 0.25) is 0 Å². The number of nitrogens with zero attached hydrogens (tertiary/aromatic N) is 1. The molecule has 3 aromatic rings. The van der Waals surface area contributed by atoms with Crippen LogP contribution in [0, 0.1) is 0 Å². The molecule has 0 saturated heterocycles. The molecule has 1 aliphatic rings. The van der Waals surface area contributed by atoms with Gasteiger partial charge in [0.1, 0.15) is 11.5 Å². The van der Waals surface area contributed by atoms with E-state index in [9.17, 15) is 9.59 Å². The average Bonchev–Trinajstić information content (AvgIpc) is 3.65. The van der Waals surface area contributed by atoms with E-state index < -0.39 is 5.97 Å². The molecule has 1 saturated carbocycles. The minimum absolute atomic E-state index is 0.197. The maximum Gasteiger partial charge on any atom is 0.344 e. The van der Waals surface area contributed by atoms with Crippen molar-refractivity contribution < 1.29 is 23.8 Å². The number of carbonyl (C=O) groups is 2. The number of hydrogen-bond acceptors (Lipinski definition) is 5. The lowest BCUT2D eigenvalue weighted by Gasteiger charge is -2.22. The average molecular weight is 419 g/mol. The highest BCUT2D eigenvalue weighted by molar-refractivity contribution is 5.84. The monoisotopic (exact) mass is 419 g/mol. The summed E-state index contributed by atoms with van der Waals surface area (Å²) in [5, 5.41) is 2.13. The van der Waals surface area contributed by atoms with Crippen LogP contribution in [-0.2, 0) is 20.9 Å². The van der Waals surface area contributed by atoms with Gasteiger partial charge in [0.25, 0.3) is 5.91 Å². The lowest BCUT2D eigenvalue weighted by Crippen LogP contribution is -2.36. The van der Waals surface area contributed by atoms with Gasteiger partial charge in [-0.15, -0.1) is 0 Å². The van der Waals surface area contributed by atoms with Gasteiger partial charge in [-0.2, -0.15) is 0 Å². The maximum absolute atomic E-state index is 12.7. The number of methoxy groups -OCH3 is 1. The molecule has 0 heterocycles. The van der Waals surface area contributed by atoms with Crippen LogP contribution in [0.5, 0.6) is 11.5 Å². The Labute approximate surface area is 181 Å². The number of rotatable bonds is 9. The summed E-state index contributed by atoms with van der Waals surface area (Å²) in [6, 6.07) is 21.3. The highest BCUT2D eigenvalue weighted by atomic mass is 16.6. The first-order valence-corrected chi connectivity index (χ1v) is 10.3. The summed E-state index contributed by atoms with van der Waals surface area (Å²) >= 11 is 0. The third-order valence-electron chi connectivity index (χ3n) is 5.25. The zero-order valence-electron chi connectivity index (χ0n) is 17.5. The quantitative estimate of drug-likeness (QED) is 0.491. The van der Waals surface area contributed by atoms with Crippen LogP contribution in [0.1, 0.15) is 18.4 Å². The second kappa shape index (κ2) is 9.51. The summed E-state index contributed by atoms with van der Waals surface area (Å²) in [6.07, 6.45) is 1.95. The molecule has 0 radical (unpaired) electrons. The van der Waals surface area contributed by atoms with Gasteiger partial charge in [-0.1, -0.05) is 42.5 Å². The van der Waals surface area contributed by atoms with Crippen molar-refractivity contribution in [3.63, 3.8) is 0 Å². The van der Waals surface area contributed by atoms with Crippen molar-refractivity contribution in [1.82, 2.24) is 4.90 Å². The molecule has 3 aromatic carbocycles. The van der Waals surface area contributed by atoms with Gasteiger partial charge in [-0.3, -0.25) is 4.79 Å². The van der Waals surface area contributed by atoms with Crippen LogP contribution >= 0.6 is 0 Å². The Kier molecular flexibility index (Phi) is 6.36. The molecule has 1 aliphatic carbocycles. The van der Waals surface area contributed by atoms with Crippen LogP contribution in [-0.4, -0.2) is 43.1 Å². The van der Waals surface area contributed by atoms with E-state index in [1.807, 2.05) is 66.7 Å². The molecule has 0 aliphatic heterocycles. The van der Waals surface area contributed by atoms with Gasteiger partial charge in [-0.25, -0.2) is 4.79 Å². The highest BCUT2D eigenvalue weighted by Crippen LogP contribution is 2.29. The molecule has 0 N–H and O–H groups in total. The zero-order valence-corrected chi connectivity index (χ0v) is 17.5. The van der Waals surface area contributed by atoms with E-state index >= 15 is 0 Å². The first kappa shape index (κ1) is 20.7. The van der Waals surface area contributed by atoms with Gasteiger partial charge in [0, 0.05) is 12.6 Å². The van der Waals surface area contributed by atoms with E-state index in [1.165, 1.54) is 0 Å². The molecule has 0 atom stereocenters. The number of amides is 1. The highest BCUT2D eigenvalue weighted by Gasteiger charge is 2.32. The van der Waals surface area contributed by atoms with E-state index in [1.54, 1.807) is 12.0 Å². The smallest absolute Gasteiger partial charge is 0.344 e. The number of hydrogen-bond donors (Lipinski definition) is 0. The summed E-state index contributed by atoms with van der Waals surface area (Å²) in [5.74, 6) is 0.591. The fourth-order valence-corrected chi connectivity index (χ4v) is 3.40. The van der Waals surface area contributed by atoms with Crippen molar-refractivity contribution >= 4 is 22.6 Å². The Morgan fingerprint density at radius 1 is 0.903 bits per heavy atom. The predicted molar refractivity (Wildman–Crippen MR) is 117 cm³/mol. The lowest BCUT2D eigenvalue weighted by atomic mass is 10.1. The summed E-state index contributed by atoms with van der Waals surface area (Å²) in [7, 11) is 1.62. The van der Waals surface area contributed by atoms with Crippen molar-refractivity contribution in [2.75, 3.05) is 20.3 Å². The molecule has 1 fully saturated rings. The van der Waals surface area contributed by atoms with E-state index in [0.29, 0.717) is 12.3 Å². The fourth-order valence-electron chi connectivity index (χ4n) is 3.40. The first-order chi connectivity index (χ1) is 15.1. The van der Waals surface area contributed by atoms with Crippen LogP contribution < -0.4 is 9.47 Å². The second-order valence-corrected chi connectivity index (χ2v) is 7.56. The van der Waals surface area contributed by atoms with Gasteiger partial charge < -0.3 is 19.1 Å². The third kappa shape index (κ3) is 5.54. The molecule has 0 spiro atoms. The molecular formula is C25H25NO5. The topological polar surface area (TPSA) is 65.1 Å². The lowest BCUT2D eigenvalue weighted by molar-refractivity contribution is -0.154. The molecule has 6 heteroatoms. The van der Waals surface area contributed by atoms with Crippen molar-refractivity contribution in [1.29, 1.82) is 0 Å². The Balaban J connectivity index is 1.27. The molecule has 1 amide bonds. The summed E-state index contributed by atoms with van der Waals surface area (Å²) in [5.41, 5.74) is 1.01. The molecule has 6 nitrogen and oxygen atoms in total. The SMILES string of the molecule is COc1ccc(CN(C(=O)COC(=O)COc2ccc3ccccc3c2)C2CC2)cc1. The molecule has 0 bridgehead atoms. The van der Waals surface area contributed by atoms with Gasteiger partial charge in [0.15, 0.2) is 13.2 Å². The normalized spacial score (nSPS) is 12.9. The van der Waals surface area contributed by atoms with Crippen molar-refractivity contribution in [2.45, 2.75) is 25.4 Å². The number of fused-ring (bicyclic) bond motifs is 1.